The molecule has 0 saturated carbocycles. The Bertz CT molecular complexity index is 970. The highest BCUT2D eigenvalue weighted by Gasteiger charge is 2.14. The van der Waals surface area contributed by atoms with Crippen LogP contribution in [0.5, 0.6) is 11.5 Å². The number of nitrogens with two attached hydrogens (primary N) is 1. The number of aromatic nitrogens is 2. The number of halogens is 1. The third-order valence-corrected chi connectivity index (χ3v) is 4.60. The van der Waals surface area contributed by atoms with Gasteiger partial charge in [-0.05, 0) is 50.2 Å². The van der Waals surface area contributed by atoms with Gasteiger partial charge in [-0.2, -0.15) is 0 Å². The quantitative estimate of drug-likeness (QED) is 0.521. The highest BCUT2D eigenvalue weighted by molar-refractivity contribution is 6.30. The van der Waals surface area contributed by atoms with Crippen molar-refractivity contribution in [1.29, 1.82) is 0 Å². The summed E-state index contributed by atoms with van der Waals surface area (Å²) in [6.45, 7) is 5.67. The summed E-state index contributed by atoms with van der Waals surface area (Å²) >= 11 is 5.93. The summed E-state index contributed by atoms with van der Waals surface area (Å²) in [5.74, 6) is 1.89. The average Bonchev–Trinajstić information content (AvgIpc) is 3.05. The monoisotopic (exact) mass is 416 g/mol. The Balaban J connectivity index is 1.88. The molecule has 154 valence electrons. The van der Waals surface area contributed by atoms with E-state index in [1.165, 1.54) is 0 Å². The number of amides is 1. The Labute approximate surface area is 174 Å². The number of carbonyl (C=O) groups is 1. The largest absolute Gasteiger partial charge is 0.457 e. The normalized spacial score (nSPS) is 12.1. The lowest BCUT2D eigenvalue weighted by molar-refractivity contribution is -0.122. The summed E-state index contributed by atoms with van der Waals surface area (Å²) in [4.78, 5) is 16.5. The second kappa shape index (κ2) is 9.73. The van der Waals surface area contributed by atoms with Gasteiger partial charge in [0.15, 0.2) is 0 Å². The number of benzene rings is 2. The van der Waals surface area contributed by atoms with Crippen LogP contribution < -0.4 is 15.8 Å². The number of nitrogens with one attached hydrogen (secondary N) is 1. The van der Waals surface area contributed by atoms with E-state index in [9.17, 15) is 4.79 Å². The maximum atomic E-state index is 11.9. The molecule has 0 aliphatic rings. The Morgan fingerprint density at radius 1 is 1.24 bits per heavy atom. The minimum atomic E-state index is -0.573. The van der Waals surface area contributed by atoms with Gasteiger partial charge < -0.3 is 25.1 Å². The van der Waals surface area contributed by atoms with Gasteiger partial charge in [0.25, 0.3) is 0 Å². The van der Waals surface area contributed by atoms with E-state index in [1.807, 2.05) is 41.8 Å². The van der Waals surface area contributed by atoms with Crippen LogP contribution in [0, 0.1) is 0 Å². The fourth-order valence-electron chi connectivity index (χ4n) is 2.87. The van der Waals surface area contributed by atoms with E-state index in [2.05, 4.69) is 10.3 Å². The smallest absolute Gasteiger partial charge is 0.237 e. The summed E-state index contributed by atoms with van der Waals surface area (Å²) in [6, 6.07) is 12.3. The van der Waals surface area contributed by atoms with Crippen molar-refractivity contribution >= 4 is 28.5 Å². The SMILES string of the molecule is CCOCCn1c(CNC(=O)[C@H](C)N)nc2ccc(Oc3ccc(Cl)cc3)cc21. The lowest BCUT2D eigenvalue weighted by Gasteiger charge is -2.12. The zero-order chi connectivity index (χ0) is 20.8. The van der Waals surface area contributed by atoms with Crippen molar-refractivity contribution in [3.8, 4) is 11.5 Å². The molecule has 0 unspecified atom stereocenters. The zero-order valence-corrected chi connectivity index (χ0v) is 17.3. The van der Waals surface area contributed by atoms with Crippen LogP contribution in [0.25, 0.3) is 11.0 Å². The molecule has 7 nitrogen and oxygen atoms in total. The van der Waals surface area contributed by atoms with Crippen LogP contribution in [-0.4, -0.2) is 34.7 Å². The van der Waals surface area contributed by atoms with Crippen molar-refractivity contribution in [2.24, 2.45) is 5.73 Å². The van der Waals surface area contributed by atoms with Crippen LogP contribution in [0.3, 0.4) is 0 Å². The molecular formula is C21H25ClN4O3. The number of imidazole rings is 1. The molecule has 0 aliphatic carbocycles. The molecule has 0 fully saturated rings. The number of ether oxygens (including phenoxy) is 2. The molecule has 1 amide bonds. The molecule has 0 aliphatic heterocycles. The number of nitrogens with zero attached hydrogens (tertiary/aromatic N) is 2. The van der Waals surface area contributed by atoms with E-state index in [-0.39, 0.29) is 12.5 Å². The van der Waals surface area contributed by atoms with Gasteiger partial charge in [0.1, 0.15) is 17.3 Å². The van der Waals surface area contributed by atoms with Gasteiger partial charge >= 0.3 is 0 Å². The van der Waals surface area contributed by atoms with Gasteiger partial charge in [0.05, 0.1) is 30.2 Å². The second-order valence-electron chi connectivity index (χ2n) is 6.59. The average molecular weight is 417 g/mol. The van der Waals surface area contributed by atoms with E-state index in [0.29, 0.717) is 36.3 Å². The molecule has 1 atom stereocenters. The molecule has 8 heteroatoms. The fraction of sp³-hybridized carbons (Fsp3) is 0.333. The first-order valence-electron chi connectivity index (χ1n) is 9.51. The molecular weight excluding hydrogens is 392 g/mol. The Morgan fingerprint density at radius 2 is 1.97 bits per heavy atom. The summed E-state index contributed by atoms with van der Waals surface area (Å²) in [6.07, 6.45) is 0. The topological polar surface area (TPSA) is 91.4 Å². The zero-order valence-electron chi connectivity index (χ0n) is 16.5. The van der Waals surface area contributed by atoms with Gasteiger partial charge in [-0.25, -0.2) is 4.98 Å². The molecule has 1 aromatic heterocycles. The van der Waals surface area contributed by atoms with Gasteiger partial charge in [-0.1, -0.05) is 11.6 Å². The standard InChI is InChI=1S/C21H25ClN4O3/c1-3-28-11-10-26-19-12-17(29-16-6-4-15(22)5-7-16)8-9-18(19)25-20(26)13-24-21(27)14(2)23/h4-9,12,14H,3,10-11,13,23H2,1-2H3,(H,24,27)/t14-/m0/s1. The highest BCUT2D eigenvalue weighted by atomic mass is 35.5. The molecule has 3 rings (SSSR count). The second-order valence-corrected chi connectivity index (χ2v) is 7.03. The third kappa shape index (κ3) is 5.47. The number of rotatable bonds is 9. The van der Waals surface area contributed by atoms with Gasteiger partial charge in [0, 0.05) is 24.2 Å². The van der Waals surface area contributed by atoms with Crippen LogP contribution in [0.2, 0.25) is 5.02 Å². The predicted molar refractivity (Wildman–Crippen MR) is 113 cm³/mol. The lowest BCUT2D eigenvalue weighted by atomic mass is 10.3. The lowest BCUT2D eigenvalue weighted by Crippen LogP contribution is -2.38. The molecule has 1 heterocycles. The van der Waals surface area contributed by atoms with Crippen LogP contribution in [-0.2, 0) is 22.6 Å². The number of carbonyl (C=O) groups excluding carboxylic acids is 1. The summed E-state index contributed by atoms with van der Waals surface area (Å²) in [7, 11) is 0. The summed E-state index contributed by atoms with van der Waals surface area (Å²) in [5, 5.41) is 3.47. The van der Waals surface area contributed by atoms with Crippen molar-refractivity contribution < 1.29 is 14.3 Å². The predicted octanol–water partition coefficient (Wildman–Crippen LogP) is 3.48. The maximum absolute atomic E-state index is 11.9. The van der Waals surface area contributed by atoms with Crippen molar-refractivity contribution in [2.45, 2.75) is 33.0 Å². The first-order valence-corrected chi connectivity index (χ1v) is 9.89. The number of hydrogen-bond donors (Lipinski definition) is 2. The van der Waals surface area contributed by atoms with Crippen molar-refractivity contribution in [2.75, 3.05) is 13.2 Å². The highest BCUT2D eigenvalue weighted by Crippen LogP contribution is 2.27. The number of fused-ring (bicyclic) bond motifs is 1. The third-order valence-electron chi connectivity index (χ3n) is 4.35. The van der Waals surface area contributed by atoms with Crippen LogP contribution >= 0.6 is 11.6 Å². The molecule has 2 aromatic carbocycles. The van der Waals surface area contributed by atoms with E-state index in [4.69, 9.17) is 26.8 Å². The van der Waals surface area contributed by atoms with Gasteiger partial charge in [0.2, 0.25) is 5.91 Å². The summed E-state index contributed by atoms with van der Waals surface area (Å²) < 4.78 is 13.5. The van der Waals surface area contributed by atoms with Crippen molar-refractivity contribution in [3.63, 3.8) is 0 Å². The number of hydrogen-bond acceptors (Lipinski definition) is 5. The van der Waals surface area contributed by atoms with E-state index in [0.717, 1.165) is 16.9 Å². The van der Waals surface area contributed by atoms with E-state index >= 15 is 0 Å². The van der Waals surface area contributed by atoms with Gasteiger partial charge in [-0.3, -0.25) is 4.79 Å². The van der Waals surface area contributed by atoms with Crippen molar-refractivity contribution in [1.82, 2.24) is 14.9 Å². The van der Waals surface area contributed by atoms with E-state index in [1.54, 1.807) is 19.1 Å². The van der Waals surface area contributed by atoms with Crippen molar-refractivity contribution in [3.05, 3.63) is 53.3 Å². The van der Waals surface area contributed by atoms with Gasteiger partial charge in [-0.15, -0.1) is 0 Å². The van der Waals surface area contributed by atoms with Crippen LogP contribution in [0.15, 0.2) is 42.5 Å². The minimum Gasteiger partial charge on any atom is -0.457 e. The van der Waals surface area contributed by atoms with Crippen LogP contribution in [0.4, 0.5) is 0 Å². The molecule has 0 saturated heterocycles. The Kier molecular flexibility index (Phi) is 7.09. The molecule has 3 aromatic rings. The molecule has 29 heavy (non-hydrogen) atoms. The first-order chi connectivity index (χ1) is 14.0. The van der Waals surface area contributed by atoms with Crippen LogP contribution in [0.1, 0.15) is 19.7 Å². The fourth-order valence-corrected chi connectivity index (χ4v) is 2.99. The molecule has 0 bridgehead atoms. The Hall–Kier alpha value is -2.61. The molecule has 0 radical (unpaired) electrons. The first kappa shape index (κ1) is 21.1. The maximum Gasteiger partial charge on any atom is 0.237 e. The minimum absolute atomic E-state index is 0.222. The molecule has 3 N–H and O–H groups in total. The van der Waals surface area contributed by atoms with E-state index < -0.39 is 6.04 Å². The molecule has 0 spiro atoms. The Morgan fingerprint density at radius 3 is 2.66 bits per heavy atom. The summed E-state index contributed by atoms with van der Waals surface area (Å²) in [5.41, 5.74) is 7.35.